The van der Waals surface area contributed by atoms with Crippen molar-refractivity contribution in [1.82, 2.24) is 0 Å². The van der Waals surface area contributed by atoms with Crippen LogP contribution in [0.4, 0.5) is 0 Å². The average molecular weight is 186 g/mol. The van der Waals surface area contributed by atoms with Crippen LogP contribution in [-0.4, -0.2) is 26.2 Å². The Bertz CT molecular complexity index is 240. The van der Waals surface area contributed by atoms with Crippen LogP contribution in [0.25, 0.3) is 0 Å². The van der Waals surface area contributed by atoms with Crippen molar-refractivity contribution in [3.63, 3.8) is 0 Å². The zero-order valence-electron chi connectivity index (χ0n) is 8.34. The van der Waals surface area contributed by atoms with Crippen LogP contribution < -0.4 is 0 Å². The topological polar surface area (TPSA) is 52.6 Å². The molecule has 0 aliphatic carbocycles. The standard InChI is InChI=1S/C9H14O4/c1-6(7(10)12-4)9(2,3)8(11)13-5/h1H2,2-5H3. The number of esters is 2. The smallest absolute Gasteiger partial charge is 0.334 e. The third-order valence-electron chi connectivity index (χ3n) is 1.88. The van der Waals surface area contributed by atoms with Gasteiger partial charge in [0.1, 0.15) is 0 Å². The minimum atomic E-state index is -1.04. The van der Waals surface area contributed by atoms with Crippen LogP contribution >= 0.6 is 0 Å². The molecule has 0 atom stereocenters. The molecule has 0 aromatic heterocycles. The van der Waals surface area contributed by atoms with E-state index in [4.69, 9.17) is 0 Å². The summed E-state index contributed by atoms with van der Waals surface area (Å²) in [5.74, 6) is -1.11. The van der Waals surface area contributed by atoms with Gasteiger partial charge in [-0.3, -0.25) is 4.79 Å². The van der Waals surface area contributed by atoms with Gasteiger partial charge in [0.15, 0.2) is 0 Å². The van der Waals surface area contributed by atoms with Gasteiger partial charge in [-0.25, -0.2) is 4.79 Å². The Kier molecular flexibility index (Phi) is 3.66. The highest BCUT2D eigenvalue weighted by atomic mass is 16.5. The molecule has 0 spiro atoms. The second-order valence-corrected chi connectivity index (χ2v) is 3.09. The van der Waals surface area contributed by atoms with E-state index in [1.807, 2.05) is 0 Å². The van der Waals surface area contributed by atoms with Crippen molar-refractivity contribution >= 4 is 11.9 Å². The third kappa shape index (κ3) is 2.31. The zero-order valence-corrected chi connectivity index (χ0v) is 8.34. The van der Waals surface area contributed by atoms with E-state index in [2.05, 4.69) is 16.1 Å². The highest BCUT2D eigenvalue weighted by Crippen LogP contribution is 2.26. The van der Waals surface area contributed by atoms with Crippen LogP contribution in [0, 0.1) is 5.41 Å². The predicted molar refractivity (Wildman–Crippen MR) is 47.0 cm³/mol. The number of methoxy groups -OCH3 is 2. The first kappa shape index (κ1) is 11.7. The Morgan fingerprint density at radius 1 is 1.15 bits per heavy atom. The number of carbonyl (C=O) groups excluding carboxylic acids is 2. The first-order valence-corrected chi connectivity index (χ1v) is 3.74. The van der Waals surface area contributed by atoms with E-state index in [0.717, 1.165) is 0 Å². The zero-order chi connectivity index (χ0) is 10.6. The van der Waals surface area contributed by atoms with Gasteiger partial charge in [-0.15, -0.1) is 0 Å². The van der Waals surface area contributed by atoms with Gasteiger partial charge < -0.3 is 9.47 Å². The fourth-order valence-corrected chi connectivity index (χ4v) is 0.757. The minimum absolute atomic E-state index is 0.0850. The van der Waals surface area contributed by atoms with Crippen LogP contribution in [0.1, 0.15) is 13.8 Å². The van der Waals surface area contributed by atoms with E-state index >= 15 is 0 Å². The molecule has 0 rings (SSSR count). The summed E-state index contributed by atoms with van der Waals surface area (Å²) >= 11 is 0. The Morgan fingerprint density at radius 2 is 1.62 bits per heavy atom. The summed E-state index contributed by atoms with van der Waals surface area (Å²) < 4.78 is 8.97. The molecule has 0 saturated heterocycles. The minimum Gasteiger partial charge on any atom is -0.468 e. The van der Waals surface area contributed by atoms with Crippen molar-refractivity contribution in [2.24, 2.45) is 5.41 Å². The van der Waals surface area contributed by atoms with Crippen LogP contribution in [0.5, 0.6) is 0 Å². The molecule has 0 saturated carbocycles. The Morgan fingerprint density at radius 3 is 1.92 bits per heavy atom. The quantitative estimate of drug-likeness (QED) is 0.485. The SMILES string of the molecule is C=C(C(=O)OC)C(C)(C)C(=O)OC. The van der Waals surface area contributed by atoms with Crippen LogP contribution in [0.3, 0.4) is 0 Å². The molecule has 13 heavy (non-hydrogen) atoms. The van der Waals surface area contributed by atoms with E-state index < -0.39 is 17.4 Å². The summed E-state index contributed by atoms with van der Waals surface area (Å²) in [7, 11) is 2.50. The number of rotatable bonds is 3. The van der Waals surface area contributed by atoms with E-state index in [-0.39, 0.29) is 5.57 Å². The predicted octanol–water partition coefficient (Wildman–Crippen LogP) is 0.915. The summed E-state index contributed by atoms with van der Waals surface area (Å²) in [5, 5.41) is 0. The second kappa shape index (κ2) is 4.07. The van der Waals surface area contributed by atoms with E-state index in [9.17, 15) is 9.59 Å². The van der Waals surface area contributed by atoms with Gasteiger partial charge in [0, 0.05) is 5.57 Å². The van der Waals surface area contributed by atoms with E-state index in [1.54, 1.807) is 13.8 Å². The molecule has 0 bridgehead atoms. The second-order valence-electron chi connectivity index (χ2n) is 3.09. The lowest BCUT2D eigenvalue weighted by atomic mass is 9.85. The summed E-state index contributed by atoms with van der Waals surface area (Å²) in [5.41, 5.74) is -0.955. The molecule has 0 fully saturated rings. The van der Waals surface area contributed by atoms with Gasteiger partial charge in [0.25, 0.3) is 0 Å². The maximum atomic E-state index is 11.2. The van der Waals surface area contributed by atoms with E-state index in [0.29, 0.717) is 0 Å². The average Bonchev–Trinajstić information content (AvgIpc) is 2.13. The first-order valence-electron chi connectivity index (χ1n) is 3.74. The molecular formula is C9H14O4. The molecule has 0 aliphatic heterocycles. The Hall–Kier alpha value is -1.32. The molecule has 0 unspecified atom stereocenters. The van der Waals surface area contributed by atoms with E-state index in [1.165, 1.54) is 14.2 Å². The van der Waals surface area contributed by atoms with Crippen molar-refractivity contribution in [2.75, 3.05) is 14.2 Å². The highest BCUT2D eigenvalue weighted by Gasteiger charge is 2.36. The fraction of sp³-hybridized carbons (Fsp3) is 0.556. The van der Waals surface area contributed by atoms with Crippen LogP contribution in [-0.2, 0) is 19.1 Å². The number of carbonyl (C=O) groups is 2. The maximum Gasteiger partial charge on any atom is 0.334 e. The van der Waals surface area contributed by atoms with Crippen molar-refractivity contribution in [2.45, 2.75) is 13.8 Å². The van der Waals surface area contributed by atoms with Gasteiger partial charge in [-0.05, 0) is 13.8 Å². The molecule has 0 aliphatic rings. The van der Waals surface area contributed by atoms with Crippen molar-refractivity contribution in [3.8, 4) is 0 Å². The summed E-state index contributed by atoms with van der Waals surface area (Å²) in [6.07, 6.45) is 0. The maximum absolute atomic E-state index is 11.2. The molecule has 0 aromatic rings. The number of hydrogen-bond donors (Lipinski definition) is 0. The normalized spacial score (nSPS) is 10.5. The lowest BCUT2D eigenvalue weighted by molar-refractivity contribution is -0.151. The summed E-state index contributed by atoms with van der Waals surface area (Å²) in [4.78, 5) is 22.3. The Labute approximate surface area is 77.5 Å². The van der Waals surface area contributed by atoms with Gasteiger partial charge in [-0.1, -0.05) is 6.58 Å². The monoisotopic (exact) mass is 186 g/mol. The fourth-order valence-electron chi connectivity index (χ4n) is 0.757. The number of ether oxygens (including phenoxy) is 2. The van der Waals surface area contributed by atoms with Gasteiger partial charge in [0.05, 0.1) is 19.6 Å². The molecule has 0 aromatic carbocycles. The molecular weight excluding hydrogens is 172 g/mol. The van der Waals surface area contributed by atoms with Gasteiger partial charge in [0.2, 0.25) is 0 Å². The summed E-state index contributed by atoms with van der Waals surface area (Å²) in [6.45, 7) is 6.60. The van der Waals surface area contributed by atoms with Crippen molar-refractivity contribution < 1.29 is 19.1 Å². The highest BCUT2D eigenvalue weighted by molar-refractivity contribution is 5.96. The Balaban J connectivity index is 4.73. The molecule has 74 valence electrons. The molecule has 0 N–H and O–H groups in total. The lowest BCUT2D eigenvalue weighted by Crippen LogP contribution is -2.31. The van der Waals surface area contributed by atoms with Crippen LogP contribution in [0.2, 0.25) is 0 Å². The first-order chi connectivity index (χ1) is 5.87. The summed E-state index contributed by atoms with van der Waals surface area (Å²) in [6, 6.07) is 0. The largest absolute Gasteiger partial charge is 0.468 e. The molecule has 0 heterocycles. The van der Waals surface area contributed by atoms with Crippen LogP contribution in [0.15, 0.2) is 12.2 Å². The van der Waals surface area contributed by atoms with Crippen molar-refractivity contribution in [1.29, 1.82) is 0 Å². The molecule has 4 nitrogen and oxygen atoms in total. The molecule has 4 heteroatoms. The number of hydrogen-bond acceptors (Lipinski definition) is 4. The molecule has 0 amide bonds. The van der Waals surface area contributed by atoms with Gasteiger partial charge >= 0.3 is 11.9 Å². The molecule has 0 radical (unpaired) electrons. The van der Waals surface area contributed by atoms with Crippen molar-refractivity contribution in [3.05, 3.63) is 12.2 Å². The van der Waals surface area contributed by atoms with Gasteiger partial charge in [-0.2, -0.15) is 0 Å². The lowest BCUT2D eigenvalue weighted by Gasteiger charge is -2.21. The third-order valence-corrected chi connectivity index (χ3v) is 1.88.